The third kappa shape index (κ3) is 3.97. The number of halogens is 2. The van der Waals surface area contributed by atoms with E-state index >= 15 is 0 Å². The third-order valence-corrected chi connectivity index (χ3v) is 4.67. The summed E-state index contributed by atoms with van der Waals surface area (Å²) in [6.07, 6.45) is -0.0699. The van der Waals surface area contributed by atoms with Gasteiger partial charge >= 0.3 is 6.09 Å². The number of imidazole rings is 1. The molecule has 0 aliphatic carbocycles. The molecule has 0 bridgehead atoms. The van der Waals surface area contributed by atoms with Crippen molar-refractivity contribution in [2.45, 2.75) is 6.42 Å². The standard InChI is InChI=1S/C20H16ClFN4O3/c21-6-1-7-29-20(28)26-19-24-15-5-2-11(8-16(15)25-19)18-14-9-12(22)3-4-13(14)17(27)10-23-18/h2-5,8-9H,1,6-7,10H2,(H2,24,25,26,28). The first-order valence-electron chi connectivity index (χ1n) is 8.92. The number of amides is 1. The molecule has 29 heavy (non-hydrogen) atoms. The Kier molecular flexibility index (Phi) is 5.26. The maximum absolute atomic E-state index is 13.8. The fourth-order valence-electron chi connectivity index (χ4n) is 3.09. The highest BCUT2D eigenvalue weighted by atomic mass is 35.5. The average Bonchev–Trinajstić information content (AvgIpc) is 3.09. The van der Waals surface area contributed by atoms with Crippen LogP contribution in [-0.4, -0.2) is 46.6 Å². The molecule has 3 aromatic rings. The van der Waals surface area contributed by atoms with Crippen molar-refractivity contribution >= 4 is 46.2 Å². The van der Waals surface area contributed by atoms with Crippen LogP contribution in [0, 0.1) is 5.82 Å². The summed E-state index contributed by atoms with van der Waals surface area (Å²) < 4.78 is 18.7. The van der Waals surface area contributed by atoms with E-state index in [0.29, 0.717) is 45.7 Å². The molecular weight excluding hydrogens is 399 g/mol. The number of Topliss-reactive ketones (excluding diaryl/α,β-unsaturated/α-hetero) is 1. The van der Waals surface area contributed by atoms with E-state index in [9.17, 15) is 14.0 Å². The number of hydrogen-bond acceptors (Lipinski definition) is 5. The average molecular weight is 415 g/mol. The molecule has 9 heteroatoms. The van der Waals surface area contributed by atoms with Gasteiger partial charge in [-0.25, -0.2) is 14.2 Å². The number of carbonyl (C=O) groups is 2. The minimum Gasteiger partial charge on any atom is -0.449 e. The van der Waals surface area contributed by atoms with Gasteiger partial charge < -0.3 is 9.72 Å². The van der Waals surface area contributed by atoms with Gasteiger partial charge in [0.15, 0.2) is 5.78 Å². The van der Waals surface area contributed by atoms with Crippen molar-refractivity contribution in [2.75, 3.05) is 24.3 Å². The Hall–Kier alpha value is -3.26. The van der Waals surface area contributed by atoms with Crippen molar-refractivity contribution in [3.05, 3.63) is 58.9 Å². The predicted octanol–water partition coefficient (Wildman–Crippen LogP) is 3.91. The van der Waals surface area contributed by atoms with Crippen LogP contribution in [0.25, 0.3) is 11.0 Å². The summed E-state index contributed by atoms with van der Waals surface area (Å²) in [6.45, 7) is 0.226. The van der Waals surface area contributed by atoms with Gasteiger partial charge in [0.1, 0.15) is 12.4 Å². The fraction of sp³-hybridized carbons (Fsp3) is 0.200. The number of ketones is 1. The van der Waals surface area contributed by atoms with Gasteiger partial charge in [-0.05, 0) is 36.8 Å². The number of alkyl halides is 1. The van der Waals surface area contributed by atoms with E-state index < -0.39 is 11.9 Å². The molecule has 4 rings (SSSR count). The van der Waals surface area contributed by atoms with Gasteiger partial charge in [-0.3, -0.25) is 15.1 Å². The third-order valence-electron chi connectivity index (χ3n) is 4.40. The number of nitrogens with zero attached hydrogens (tertiary/aromatic N) is 2. The van der Waals surface area contributed by atoms with Gasteiger partial charge in [0.25, 0.3) is 0 Å². The highest BCUT2D eigenvalue weighted by Crippen LogP contribution is 2.24. The molecule has 0 saturated heterocycles. The number of nitrogens with one attached hydrogen (secondary N) is 2. The fourth-order valence-corrected chi connectivity index (χ4v) is 3.20. The molecule has 1 aliphatic rings. The van der Waals surface area contributed by atoms with E-state index in [2.05, 4.69) is 20.3 Å². The second-order valence-corrected chi connectivity index (χ2v) is 6.78. The highest BCUT2D eigenvalue weighted by molar-refractivity contribution is 6.22. The van der Waals surface area contributed by atoms with Crippen LogP contribution >= 0.6 is 11.6 Å². The van der Waals surface area contributed by atoms with Crippen molar-refractivity contribution in [3.63, 3.8) is 0 Å². The summed E-state index contributed by atoms with van der Waals surface area (Å²) >= 11 is 5.55. The number of benzene rings is 2. The quantitative estimate of drug-likeness (QED) is 0.488. The zero-order valence-corrected chi connectivity index (χ0v) is 15.9. The number of H-pyrrole nitrogens is 1. The summed E-state index contributed by atoms with van der Waals surface area (Å²) in [5.41, 5.74) is 3.42. The molecule has 1 aromatic heterocycles. The molecule has 2 N–H and O–H groups in total. The van der Waals surface area contributed by atoms with E-state index in [1.807, 2.05) is 0 Å². The molecule has 0 spiro atoms. The summed E-state index contributed by atoms with van der Waals surface area (Å²) in [5.74, 6) is 0.0575. The summed E-state index contributed by atoms with van der Waals surface area (Å²) in [6, 6.07) is 9.39. The van der Waals surface area contributed by atoms with Gasteiger partial charge in [0.05, 0.1) is 23.4 Å². The number of aromatic nitrogens is 2. The molecule has 0 saturated carbocycles. The lowest BCUT2D eigenvalue weighted by molar-refractivity contribution is 0.1000. The Balaban J connectivity index is 1.61. The topological polar surface area (TPSA) is 96.4 Å². The van der Waals surface area contributed by atoms with Crippen LogP contribution < -0.4 is 5.32 Å². The Morgan fingerprint density at radius 2 is 2.10 bits per heavy atom. The molecule has 2 heterocycles. The van der Waals surface area contributed by atoms with Crippen LogP contribution in [0.15, 0.2) is 41.4 Å². The molecule has 0 radical (unpaired) electrons. The van der Waals surface area contributed by atoms with Crippen LogP contribution in [0.1, 0.15) is 27.9 Å². The predicted molar refractivity (Wildman–Crippen MR) is 108 cm³/mol. The number of hydrogen-bond donors (Lipinski definition) is 2. The van der Waals surface area contributed by atoms with Crippen molar-refractivity contribution in [2.24, 2.45) is 4.99 Å². The van der Waals surface area contributed by atoms with E-state index in [1.54, 1.807) is 18.2 Å². The summed E-state index contributed by atoms with van der Waals surface area (Å²) in [5, 5.41) is 2.52. The molecule has 0 unspecified atom stereocenters. The molecule has 0 atom stereocenters. The Morgan fingerprint density at radius 3 is 2.93 bits per heavy atom. The Labute approximate surface area is 169 Å². The van der Waals surface area contributed by atoms with Gasteiger partial charge in [-0.1, -0.05) is 6.07 Å². The smallest absolute Gasteiger partial charge is 0.413 e. The number of carbonyl (C=O) groups excluding carboxylic acids is 2. The molecule has 0 fully saturated rings. The van der Waals surface area contributed by atoms with Crippen molar-refractivity contribution in [1.82, 2.24) is 9.97 Å². The van der Waals surface area contributed by atoms with Crippen LogP contribution in [0.3, 0.4) is 0 Å². The number of fused-ring (bicyclic) bond motifs is 2. The monoisotopic (exact) mass is 414 g/mol. The van der Waals surface area contributed by atoms with E-state index in [-0.39, 0.29) is 24.9 Å². The molecule has 148 valence electrons. The van der Waals surface area contributed by atoms with Gasteiger partial charge in [-0.15, -0.1) is 11.6 Å². The van der Waals surface area contributed by atoms with Gasteiger partial charge in [-0.2, -0.15) is 0 Å². The van der Waals surface area contributed by atoms with E-state index in [4.69, 9.17) is 16.3 Å². The van der Waals surface area contributed by atoms with Crippen molar-refractivity contribution in [1.29, 1.82) is 0 Å². The Morgan fingerprint density at radius 1 is 1.24 bits per heavy atom. The largest absolute Gasteiger partial charge is 0.449 e. The first-order valence-corrected chi connectivity index (χ1v) is 9.46. The first-order chi connectivity index (χ1) is 14.0. The number of aliphatic imine (C=N–C) groups is 1. The Bertz CT molecular complexity index is 1140. The molecule has 1 amide bonds. The van der Waals surface area contributed by atoms with Crippen molar-refractivity contribution in [3.8, 4) is 0 Å². The maximum Gasteiger partial charge on any atom is 0.413 e. The minimum atomic E-state index is -0.631. The normalized spacial score (nSPS) is 13.2. The lowest BCUT2D eigenvalue weighted by atomic mass is 9.92. The maximum atomic E-state index is 13.8. The number of ether oxygens (including phenoxy) is 1. The number of aromatic amines is 1. The molecule has 7 nitrogen and oxygen atoms in total. The summed E-state index contributed by atoms with van der Waals surface area (Å²) in [7, 11) is 0. The first kappa shape index (κ1) is 19.1. The van der Waals surface area contributed by atoms with Crippen LogP contribution in [-0.2, 0) is 4.74 Å². The lowest BCUT2D eigenvalue weighted by Gasteiger charge is -2.16. The highest BCUT2D eigenvalue weighted by Gasteiger charge is 2.22. The van der Waals surface area contributed by atoms with Gasteiger partial charge in [0.2, 0.25) is 5.95 Å². The molecular formula is C20H16ClFN4O3. The van der Waals surface area contributed by atoms with Crippen molar-refractivity contribution < 1.29 is 18.7 Å². The van der Waals surface area contributed by atoms with E-state index in [0.717, 1.165) is 0 Å². The minimum absolute atomic E-state index is 0.00985. The van der Waals surface area contributed by atoms with Crippen LogP contribution in [0.4, 0.5) is 15.1 Å². The molecule has 2 aromatic carbocycles. The number of rotatable bonds is 5. The second-order valence-electron chi connectivity index (χ2n) is 6.40. The van der Waals surface area contributed by atoms with E-state index in [1.165, 1.54) is 18.2 Å². The van der Waals surface area contributed by atoms with Gasteiger partial charge in [0, 0.05) is 22.6 Å². The molecule has 1 aliphatic heterocycles. The SMILES string of the molecule is O=C(Nc1nc2ccc(C3=NCC(=O)c4ccc(F)cc43)cc2[nH]1)OCCCCl. The summed E-state index contributed by atoms with van der Waals surface area (Å²) in [4.78, 5) is 35.5. The van der Waals surface area contributed by atoms with Crippen LogP contribution in [0.5, 0.6) is 0 Å². The lowest BCUT2D eigenvalue weighted by Crippen LogP contribution is -2.20. The van der Waals surface area contributed by atoms with Crippen LogP contribution in [0.2, 0.25) is 0 Å². The zero-order chi connectivity index (χ0) is 20.4. The zero-order valence-electron chi connectivity index (χ0n) is 15.2. The second kappa shape index (κ2) is 8.00. The number of anilines is 1.